The monoisotopic (exact) mass is 230 g/mol. The average Bonchev–Trinajstić information content (AvgIpc) is 2.17. The van der Waals surface area contributed by atoms with Crippen LogP contribution in [0.5, 0.6) is 0 Å². The minimum absolute atomic E-state index is 0. The van der Waals surface area contributed by atoms with Crippen LogP contribution in [0.4, 0.5) is 0 Å². The van der Waals surface area contributed by atoms with Crippen LogP contribution in [-0.4, -0.2) is 6.61 Å². The second-order valence-electron chi connectivity index (χ2n) is 1.29. The summed E-state index contributed by atoms with van der Waals surface area (Å²) in [6, 6.07) is 0. The molecule has 0 aromatic heterocycles. The quantitative estimate of drug-likeness (QED) is 0.580. The molecule has 0 radical (unpaired) electrons. The molecule has 1 aliphatic rings. The van der Waals surface area contributed by atoms with Gasteiger partial charge in [0.2, 0.25) is 0 Å². The maximum Gasteiger partial charge on any atom is 4.00 e. The van der Waals surface area contributed by atoms with Gasteiger partial charge in [0, 0.05) is 0 Å². The third kappa shape index (κ3) is 25.2. The van der Waals surface area contributed by atoms with E-state index in [1.54, 1.807) is 6.92 Å². The smallest absolute Gasteiger partial charge is 0.855 e. The molecule has 0 aliphatic heterocycles. The zero-order valence-electron chi connectivity index (χ0n) is 7.55. The van der Waals surface area contributed by atoms with Crippen LogP contribution >= 0.6 is 0 Å². The van der Waals surface area contributed by atoms with Gasteiger partial charge in [-0.05, 0) is 0 Å². The third-order valence-corrected chi connectivity index (χ3v) is 0.586. The first-order valence-corrected chi connectivity index (χ1v) is 2.71. The fourth-order valence-electron chi connectivity index (χ4n) is 0.340. The topological polar surface area (TPSA) is 23.1 Å². The zero-order chi connectivity index (χ0) is 6.24. The minimum Gasteiger partial charge on any atom is -0.855 e. The van der Waals surface area contributed by atoms with E-state index in [1.807, 2.05) is 12.2 Å². The van der Waals surface area contributed by atoms with Crippen LogP contribution in [0.15, 0.2) is 18.2 Å². The molecular weight excluding hydrogens is 215 g/mol. The number of hydrogen-bond donors (Lipinski definition) is 0. The molecule has 0 bridgehead atoms. The van der Waals surface area contributed by atoms with Crippen LogP contribution in [0, 0.1) is 20.9 Å². The van der Waals surface area contributed by atoms with E-state index in [0.29, 0.717) is 0 Å². The Balaban J connectivity index is -0.0000000379. The summed E-state index contributed by atoms with van der Waals surface area (Å²) >= 11 is 0. The Morgan fingerprint density at radius 1 is 1.45 bits per heavy atom. The van der Waals surface area contributed by atoms with Gasteiger partial charge in [0.05, 0.1) is 0 Å². The van der Waals surface area contributed by atoms with Gasteiger partial charge in [-0.1, -0.05) is 6.92 Å². The van der Waals surface area contributed by atoms with Crippen LogP contribution < -0.4 is 5.11 Å². The van der Waals surface area contributed by atoms with Crippen molar-refractivity contribution >= 4 is 0 Å². The van der Waals surface area contributed by atoms with Crippen molar-refractivity contribution in [2.75, 3.05) is 6.61 Å². The molecule has 0 amide bonds. The summed E-state index contributed by atoms with van der Waals surface area (Å²) in [6.45, 7) is 1.57. The molecule has 0 aromatic rings. The molecule has 62 valence electrons. The summed E-state index contributed by atoms with van der Waals surface area (Å²) in [5.74, 6) is 0. The van der Waals surface area contributed by atoms with E-state index >= 15 is 0 Å². The molecule has 1 aliphatic carbocycles. The van der Waals surface area contributed by atoms with Gasteiger partial charge in [0.15, 0.2) is 0 Å². The van der Waals surface area contributed by atoms with Gasteiger partial charge in [-0.3, -0.25) is 6.08 Å². The van der Waals surface area contributed by atoms with E-state index in [9.17, 15) is 0 Å². The molecule has 1 rings (SSSR count). The van der Waals surface area contributed by atoms with E-state index in [0.717, 1.165) is 6.42 Å². The van der Waals surface area contributed by atoms with Crippen molar-refractivity contribution in [1.29, 1.82) is 0 Å². The second-order valence-corrected chi connectivity index (χ2v) is 1.29. The Morgan fingerprint density at radius 3 is 2.00 bits per heavy atom. The first kappa shape index (κ1) is 22.5. The molecule has 0 N–H and O–H groups in total. The van der Waals surface area contributed by atoms with Gasteiger partial charge in [0.1, 0.15) is 0 Å². The van der Waals surface area contributed by atoms with Crippen molar-refractivity contribution in [3.05, 3.63) is 39.2 Å². The van der Waals surface area contributed by atoms with E-state index < -0.39 is 0 Å². The predicted molar refractivity (Wildman–Crippen MR) is 44.9 cm³/mol. The van der Waals surface area contributed by atoms with Crippen LogP contribution in [-0.2, 0) is 26.2 Å². The van der Waals surface area contributed by atoms with Gasteiger partial charge < -0.3 is 20.0 Å². The molecule has 0 unspecified atom stereocenters. The van der Waals surface area contributed by atoms with E-state index in [2.05, 4.69) is 12.2 Å². The summed E-state index contributed by atoms with van der Waals surface area (Å²) in [5, 5.41) is 8.93. The molecule has 0 saturated heterocycles. The maximum absolute atomic E-state index is 8.93. The van der Waals surface area contributed by atoms with Crippen molar-refractivity contribution in [2.24, 2.45) is 0 Å². The number of rotatable bonds is 0. The average molecular weight is 231 g/mol. The summed E-state index contributed by atoms with van der Waals surface area (Å²) in [5.41, 5.74) is 0. The van der Waals surface area contributed by atoms with Crippen LogP contribution in [0.3, 0.4) is 0 Å². The van der Waals surface area contributed by atoms with Gasteiger partial charge in [-0.2, -0.15) is 6.08 Å². The largest absolute Gasteiger partial charge is 4.00 e. The fourth-order valence-corrected chi connectivity index (χ4v) is 0.340. The Kier molecular flexibility index (Phi) is 45.9. The Bertz CT molecular complexity index is 77.6. The number of allylic oxidation sites excluding steroid dienone is 4. The van der Waals surface area contributed by atoms with E-state index in [1.165, 1.54) is 0 Å². The summed E-state index contributed by atoms with van der Waals surface area (Å²) < 4.78 is 0. The molecule has 0 aromatic carbocycles. The fraction of sp³-hybridized carbons (Fsp3) is 0.333. The molecule has 0 atom stereocenters. The van der Waals surface area contributed by atoms with Crippen molar-refractivity contribution in [2.45, 2.75) is 13.3 Å². The second kappa shape index (κ2) is 22.4. The van der Waals surface area contributed by atoms with Crippen LogP contribution in [0.2, 0.25) is 0 Å². The Morgan fingerprint density at radius 2 is 1.91 bits per heavy atom. The standard InChI is InChI=1S/C5H5.C2H5O.2CH3.Zr/c1-2-4-5-3-1;1-2-3;;;/h1-3H,4H2;2H2,1H3;2*1H3;/q4*-1;+4. The molecule has 0 fully saturated rings. The Hall–Kier alpha value is 0.323. The first-order chi connectivity index (χ1) is 3.91. The van der Waals surface area contributed by atoms with Crippen LogP contribution in [0.25, 0.3) is 0 Å². The van der Waals surface area contributed by atoms with Crippen molar-refractivity contribution in [1.82, 2.24) is 0 Å². The van der Waals surface area contributed by atoms with Crippen LogP contribution in [0.1, 0.15) is 13.3 Å². The van der Waals surface area contributed by atoms with Gasteiger partial charge in [0.25, 0.3) is 0 Å². The third-order valence-electron chi connectivity index (χ3n) is 0.586. The maximum atomic E-state index is 8.93. The van der Waals surface area contributed by atoms with Gasteiger partial charge in [-0.25, -0.2) is 12.2 Å². The van der Waals surface area contributed by atoms with Gasteiger partial charge >= 0.3 is 26.2 Å². The molecule has 0 heterocycles. The summed E-state index contributed by atoms with van der Waals surface area (Å²) in [7, 11) is 0. The molecule has 11 heavy (non-hydrogen) atoms. The normalized spacial score (nSPS) is 9.64. The summed E-state index contributed by atoms with van der Waals surface area (Å²) in [4.78, 5) is 0. The van der Waals surface area contributed by atoms with Gasteiger partial charge in [-0.15, -0.1) is 13.0 Å². The van der Waals surface area contributed by atoms with Crippen molar-refractivity contribution in [3.8, 4) is 0 Å². The predicted octanol–water partition coefficient (Wildman–Crippen LogP) is 1.57. The number of hydrogen-bond acceptors (Lipinski definition) is 1. The molecule has 0 spiro atoms. The first-order valence-electron chi connectivity index (χ1n) is 2.71. The van der Waals surface area contributed by atoms with E-state index in [4.69, 9.17) is 5.11 Å². The molecule has 0 saturated carbocycles. The summed E-state index contributed by atoms with van der Waals surface area (Å²) in [6.07, 6.45) is 10.0. The van der Waals surface area contributed by atoms with Crippen molar-refractivity contribution in [3.63, 3.8) is 0 Å². The Labute approximate surface area is 90.3 Å². The minimum atomic E-state index is 0. The SMILES string of the molecule is CC[O-].[C-]1=CC=CC1.[CH3-].[CH3-].[Zr+4]. The van der Waals surface area contributed by atoms with Crippen molar-refractivity contribution < 1.29 is 31.3 Å². The molecular formula is C9H16OZr. The molecule has 1 nitrogen and oxygen atoms in total. The molecule has 2 heteroatoms. The van der Waals surface area contributed by atoms with E-state index in [-0.39, 0.29) is 47.7 Å². The zero-order valence-corrected chi connectivity index (χ0v) is 10.0.